The number of aromatic nitrogens is 5. The van der Waals surface area contributed by atoms with Crippen molar-refractivity contribution in [2.45, 2.75) is 6.54 Å². The fourth-order valence-electron chi connectivity index (χ4n) is 2.48. The van der Waals surface area contributed by atoms with Crippen LogP contribution in [0.15, 0.2) is 59.5 Å². The molecule has 0 spiro atoms. The number of nitrogens with zero attached hydrogens (tertiary/aromatic N) is 5. The van der Waals surface area contributed by atoms with Gasteiger partial charge in [-0.05, 0) is 39.7 Å². The number of anilines is 1. The third-order valence-electron chi connectivity index (χ3n) is 3.70. The summed E-state index contributed by atoms with van der Waals surface area (Å²) >= 11 is 3.44. The minimum absolute atomic E-state index is 0.320. The van der Waals surface area contributed by atoms with Crippen LogP contribution in [0.25, 0.3) is 16.9 Å². The number of rotatable bonds is 4. The predicted octanol–water partition coefficient (Wildman–Crippen LogP) is 3.70. The van der Waals surface area contributed by atoms with Crippen LogP contribution in [0, 0.1) is 5.82 Å². The lowest BCUT2D eigenvalue weighted by Crippen LogP contribution is -2.07. The quantitative estimate of drug-likeness (QED) is 0.567. The number of benzene rings is 1. The monoisotopic (exact) mass is 398 g/mol. The largest absolute Gasteiger partial charge is 0.366 e. The highest BCUT2D eigenvalue weighted by Crippen LogP contribution is 2.27. The molecule has 6 nitrogen and oxygen atoms in total. The van der Waals surface area contributed by atoms with Gasteiger partial charge in [0.05, 0.1) is 22.6 Å². The predicted molar refractivity (Wildman–Crippen MR) is 95.4 cm³/mol. The summed E-state index contributed by atoms with van der Waals surface area (Å²) in [4.78, 5) is 4.53. The summed E-state index contributed by atoms with van der Waals surface area (Å²) in [6.45, 7) is 0.531. The molecule has 0 aliphatic carbocycles. The zero-order chi connectivity index (χ0) is 17.2. The Bertz CT molecular complexity index is 1030. The summed E-state index contributed by atoms with van der Waals surface area (Å²) < 4.78 is 16.6. The second-order valence-corrected chi connectivity index (χ2v) is 6.19. The zero-order valence-corrected chi connectivity index (χ0v) is 14.5. The Morgan fingerprint density at radius 3 is 2.80 bits per heavy atom. The van der Waals surface area contributed by atoms with Crippen molar-refractivity contribution < 1.29 is 4.39 Å². The first-order valence-electron chi connectivity index (χ1n) is 7.51. The van der Waals surface area contributed by atoms with E-state index in [1.165, 1.54) is 6.07 Å². The van der Waals surface area contributed by atoms with Gasteiger partial charge in [-0.2, -0.15) is 19.8 Å². The zero-order valence-electron chi connectivity index (χ0n) is 12.9. The van der Waals surface area contributed by atoms with E-state index < -0.39 is 0 Å². The molecule has 0 fully saturated rings. The molecule has 0 saturated heterocycles. The maximum atomic E-state index is 14.2. The van der Waals surface area contributed by atoms with Gasteiger partial charge in [0.2, 0.25) is 0 Å². The lowest BCUT2D eigenvalue weighted by molar-refractivity contribution is 0.630. The average molecular weight is 399 g/mol. The van der Waals surface area contributed by atoms with E-state index in [0.717, 1.165) is 10.0 Å². The van der Waals surface area contributed by atoms with Crippen LogP contribution in [-0.2, 0) is 6.54 Å². The number of fused-ring (bicyclic) bond motifs is 1. The van der Waals surface area contributed by atoms with Gasteiger partial charge in [0.15, 0.2) is 5.65 Å². The molecule has 0 amide bonds. The van der Waals surface area contributed by atoms with Crippen molar-refractivity contribution in [3.63, 3.8) is 0 Å². The Morgan fingerprint density at radius 1 is 1.12 bits per heavy atom. The number of nitrogens with one attached hydrogen (secondary N) is 1. The smallest absolute Gasteiger partial charge is 0.172 e. The molecule has 25 heavy (non-hydrogen) atoms. The molecule has 3 heterocycles. The number of hydrogen-bond acceptors (Lipinski definition) is 5. The third-order valence-corrected chi connectivity index (χ3v) is 4.26. The normalized spacial score (nSPS) is 11.0. The highest BCUT2D eigenvalue weighted by molar-refractivity contribution is 9.10. The molecule has 0 bridgehead atoms. The SMILES string of the molecule is Fc1ccccc1-c1cc(NCc2ccnnc2)n2ncc(Br)c2n1. The molecule has 0 atom stereocenters. The van der Waals surface area contributed by atoms with E-state index in [4.69, 9.17) is 0 Å². The summed E-state index contributed by atoms with van der Waals surface area (Å²) in [5.74, 6) is 0.380. The Balaban J connectivity index is 1.78. The molecule has 124 valence electrons. The Morgan fingerprint density at radius 2 is 2.00 bits per heavy atom. The topological polar surface area (TPSA) is 68.0 Å². The molecular weight excluding hydrogens is 387 g/mol. The van der Waals surface area contributed by atoms with Crippen molar-refractivity contribution in [3.05, 3.63) is 70.8 Å². The van der Waals surface area contributed by atoms with Crippen molar-refractivity contribution in [2.24, 2.45) is 0 Å². The minimum Gasteiger partial charge on any atom is -0.366 e. The van der Waals surface area contributed by atoms with E-state index in [0.29, 0.717) is 29.3 Å². The lowest BCUT2D eigenvalue weighted by Gasteiger charge is -2.11. The van der Waals surface area contributed by atoms with Crippen LogP contribution in [0.1, 0.15) is 5.56 Å². The van der Waals surface area contributed by atoms with E-state index in [9.17, 15) is 4.39 Å². The standard InChI is InChI=1S/C17H12BrFN6/c18-13-10-23-25-16(20-8-11-5-6-21-22-9-11)7-15(24-17(13)25)12-3-1-2-4-14(12)19/h1-7,9-10,20H,8H2. The summed E-state index contributed by atoms with van der Waals surface area (Å²) in [5, 5.41) is 15.2. The average Bonchev–Trinajstić information content (AvgIpc) is 3.02. The van der Waals surface area contributed by atoms with Gasteiger partial charge in [0.1, 0.15) is 11.6 Å². The minimum atomic E-state index is -0.320. The summed E-state index contributed by atoms with van der Waals surface area (Å²) in [6, 6.07) is 10.2. The first kappa shape index (κ1) is 15.6. The molecule has 0 unspecified atom stereocenters. The fourth-order valence-corrected chi connectivity index (χ4v) is 2.83. The lowest BCUT2D eigenvalue weighted by atomic mass is 10.1. The van der Waals surface area contributed by atoms with Crippen LogP contribution in [0.4, 0.5) is 10.2 Å². The van der Waals surface area contributed by atoms with Crippen molar-refractivity contribution >= 4 is 27.4 Å². The van der Waals surface area contributed by atoms with E-state index in [2.05, 4.69) is 41.5 Å². The van der Waals surface area contributed by atoms with Gasteiger partial charge in [0.25, 0.3) is 0 Å². The maximum Gasteiger partial charge on any atom is 0.172 e. The highest BCUT2D eigenvalue weighted by Gasteiger charge is 2.13. The first-order valence-corrected chi connectivity index (χ1v) is 8.30. The van der Waals surface area contributed by atoms with Gasteiger partial charge in [-0.25, -0.2) is 9.37 Å². The number of hydrogen-bond donors (Lipinski definition) is 1. The fraction of sp³-hybridized carbons (Fsp3) is 0.0588. The highest BCUT2D eigenvalue weighted by atomic mass is 79.9. The summed E-state index contributed by atoms with van der Waals surface area (Å²) in [5.41, 5.74) is 2.55. The molecule has 0 radical (unpaired) electrons. The van der Waals surface area contributed by atoms with Crippen LogP contribution in [0.2, 0.25) is 0 Å². The Hall–Kier alpha value is -2.87. The van der Waals surface area contributed by atoms with Crippen molar-refractivity contribution in [1.29, 1.82) is 0 Å². The summed E-state index contributed by atoms with van der Waals surface area (Å²) in [6.07, 6.45) is 4.98. The van der Waals surface area contributed by atoms with Crippen LogP contribution in [0.3, 0.4) is 0 Å². The molecule has 3 aromatic heterocycles. The van der Waals surface area contributed by atoms with Gasteiger partial charge < -0.3 is 5.32 Å². The molecule has 1 N–H and O–H groups in total. The van der Waals surface area contributed by atoms with Gasteiger partial charge in [-0.1, -0.05) is 12.1 Å². The van der Waals surface area contributed by atoms with E-state index >= 15 is 0 Å². The molecule has 4 rings (SSSR count). The van der Waals surface area contributed by atoms with Crippen LogP contribution >= 0.6 is 15.9 Å². The van der Waals surface area contributed by atoms with Gasteiger partial charge in [-0.3, -0.25) is 0 Å². The molecule has 0 saturated carbocycles. The van der Waals surface area contributed by atoms with Crippen molar-refractivity contribution in [2.75, 3.05) is 5.32 Å². The van der Waals surface area contributed by atoms with Crippen LogP contribution in [0.5, 0.6) is 0 Å². The van der Waals surface area contributed by atoms with Crippen molar-refractivity contribution in [1.82, 2.24) is 24.8 Å². The summed E-state index contributed by atoms with van der Waals surface area (Å²) in [7, 11) is 0. The molecule has 4 aromatic rings. The molecule has 0 aliphatic heterocycles. The Kier molecular flexibility index (Phi) is 4.10. The van der Waals surface area contributed by atoms with Gasteiger partial charge >= 0.3 is 0 Å². The second-order valence-electron chi connectivity index (χ2n) is 5.34. The van der Waals surface area contributed by atoms with Crippen molar-refractivity contribution in [3.8, 4) is 11.3 Å². The van der Waals surface area contributed by atoms with Gasteiger partial charge in [-0.15, -0.1) is 0 Å². The molecule has 1 aromatic carbocycles. The van der Waals surface area contributed by atoms with Gasteiger partial charge in [0, 0.05) is 24.4 Å². The van der Waals surface area contributed by atoms with Crippen LogP contribution in [-0.4, -0.2) is 24.8 Å². The third kappa shape index (κ3) is 3.08. The first-order chi connectivity index (χ1) is 12.2. The Labute approximate surface area is 150 Å². The second kappa shape index (κ2) is 6.56. The van der Waals surface area contributed by atoms with E-state index in [1.807, 2.05) is 6.07 Å². The van der Waals surface area contributed by atoms with E-state index in [1.54, 1.807) is 47.4 Å². The molecule has 0 aliphatic rings. The van der Waals surface area contributed by atoms with E-state index in [-0.39, 0.29) is 5.82 Å². The molecule has 8 heteroatoms. The maximum absolute atomic E-state index is 14.2. The number of halogens is 2. The van der Waals surface area contributed by atoms with Crippen LogP contribution < -0.4 is 5.32 Å². The molecular formula is C17H12BrFN6.